The fourth-order valence-corrected chi connectivity index (χ4v) is 12.8. The van der Waals surface area contributed by atoms with Crippen molar-refractivity contribution in [1.29, 1.82) is 0 Å². The summed E-state index contributed by atoms with van der Waals surface area (Å²) in [5, 5.41) is 5.42. The van der Waals surface area contributed by atoms with E-state index in [1.54, 1.807) is 0 Å². The minimum absolute atomic E-state index is 0.0670. The van der Waals surface area contributed by atoms with Gasteiger partial charge in [-0.3, -0.25) is 0 Å². The first-order valence-corrected chi connectivity index (χ1v) is 22.7. The number of rotatable bonds is 4. The lowest BCUT2D eigenvalue weighted by atomic mass is 9.75. The molecule has 1 spiro atoms. The van der Waals surface area contributed by atoms with Gasteiger partial charge >= 0.3 is 0 Å². The SMILES string of the molecule is CC(C)c1c2c(cc3ccccc13)-c1nc[n+]3c(c1C2(C)C)-c1c(ccc2cc(C(C)(C)C)ccc12)C31N(C2CCCCC2)C(c2ccccc2)N1C1CCCCC1. The molecule has 3 aliphatic carbocycles. The Morgan fingerprint density at radius 3 is 1.98 bits per heavy atom. The van der Waals surface area contributed by atoms with Crippen molar-refractivity contribution in [3.8, 4) is 22.5 Å². The molecule has 2 saturated carbocycles. The van der Waals surface area contributed by atoms with Crippen LogP contribution in [0.15, 0.2) is 97.3 Å². The minimum atomic E-state index is -0.468. The van der Waals surface area contributed by atoms with Gasteiger partial charge in [-0.1, -0.05) is 172 Å². The Balaban J connectivity index is 1.27. The highest BCUT2D eigenvalue weighted by molar-refractivity contribution is 6.02. The Kier molecular flexibility index (Phi) is 8.26. The Bertz CT molecular complexity index is 2570. The van der Waals surface area contributed by atoms with Crippen molar-refractivity contribution in [1.82, 2.24) is 14.8 Å². The van der Waals surface area contributed by atoms with Gasteiger partial charge in [-0.25, -0.2) is 9.80 Å². The van der Waals surface area contributed by atoms with Crippen molar-refractivity contribution in [2.24, 2.45) is 0 Å². The molecule has 4 heteroatoms. The Labute approximate surface area is 346 Å². The molecule has 4 nitrogen and oxygen atoms in total. The normalized spacial score (nSPS) is 23.3. The molecule has 0 bridgehead atoms. The first-order valence-electron chi connectivity index (χ1n) is 22.7. The summed E-state index contributed by atoms with van der Waals surface area (Å²) in [4.78, 5) is 11.8. The van der Waals surface area contributed by atoms with E-state index in [9.17, 15) is 0 Å². The summed E-state index contributed by atoms with van der Waals surface area (Å²) in [5.74, 6) is -0.0869. The number of hydrogen-bond donors (Lipinski definition) is 0. The smallest absolute Gasteiger partial charge is 0.221 e. The van der Waals surface area contributed by atoms with Gasteiger partial charge in [0.15, 0.2) is 5.69 Å². The quantitative estimate of drug-likeness (QED) is 0.167. The second kappa shape index (κ2) is 13.1. The van der Waals surface area contributed by atoms with E-state index >= 15 is 0 Å². The van der Waals surface area contributed by atoms with E-state index < -0.39 is 5.79 Å². The lowest BCUT2D eigenvalue weighted by Gasteiger charge is -2.67. The van der Waals surface area contributed by atoms with Gasteiger partial charge in [-0.15, -0.1) is 0 Å². The molecule has 1 saturated heterocycles. The van der Waals surface area contributed by atoms with Crippen LogP contribution in [0.25, 0.3) is 44.1 Å². The van der Waals surface area contributed by atoms with Crippen molar-refractivity contribution in [3.05, 3.63) is 131 Å². The second-order valence-corrected chi connectivity index (χ2v) is 20.4. The summed E-state index contributed by atoms with van der Waals surface area (Å²) in [6, 6.07) is 36.5. The number of fused-ring (bicyclic) bond motifs is 12. The van der Waals surface area contributed by atoms with E-state index in [-0.39, 0.29) is 17.0 Å². The zero-order chi connectivity index (χ0) is 39.7. The number of aromatic nitrogens is 2. The summed E-state index contributed by atoms with van der Waals surface area (Å²) in [5.41, 5.74) is 13.8. The van der Waals surface area contributed by atoms with Crippen molar-refractivity contribution in [2.75, 3.05) is 0 Å². The molecule has 3 heterocycles. The van der Waals surface area contributed by atoms with E-state index in [0.29, 0.717) is 18.0 Å². The van der Waals surface area contributed by atoms with Crippen LogP contribution >= 0.6 is 0 Å². The molecule has 0 N–H and O–H groups in total. The third kappa shape index (κ3) is 4.94. The maximum Gasteiger partial charge on any atom is 0.290 e. The molecular weight excluding hydrogens is 705 g/mol. The van der Waals surface area contributed by atoms with Crippen LogP contribution in [0, 0.1) is 0 Å². The maximum absolute atomic E-state index is 5.73. The molecule has 296 valence electrons. The van der Waals surface area contributed by atoms with Gasteiger partial charge < -0.3 is 0 Å². The summed E-state index contributed by atoms with van der Waals surface area (Å²) < 4.78 is 2.75. The fraction of sp³-hybridized carbons (Fsp3) is 0.444. The molecule has 2 aliphatic heterocycles. The number of benzene rings is 5. The minimum Gasteiger partial charge on any atom is -0.221 e. The summed E-state index contributed by atoms with van der Waals surface area (Å²) >= 11 is 0. The van der Waals surface area contributed by atoms with Crippen LogP contribution in [-0.4, -0.2) is 26.9 Å². The second-order valence-electron chi connectivity index (χ2n) is 20.4. The summed E-state index contributed by atoms with van der Waals surface area (Å²) in [6.45, 7) is 16.8. The van der Waals surface area contributed by atoms with E-state index in [1.165, 1.54) is 142 Å². The molecular formula is C54H61N4+. The largest absolute Gasteiger partial charge is 0.290 e. The predicted octanol–water partition coefficient (Wildman–Crippen LogP) is 13.0. The highest BCUT2D eigenvalue weighted by Gasteiger charge is 2.72. The van der Waals surface area contributed by atoms with Crippen molar-refractivity contribution in [2.45, 2.75) is 153 Å². The molecule has 0 radical (unpaired) electrons. The van der Waals surface area contributed by atoms with E-state index in [1.807, 2.05) is 0 Å². The molecule has 5 aliphatic rings. The molecule has 6 aromatic rings. The van der Waals surface area contributed by atoms with Gasteiger partial charge in [-0.2, -0.15) is 4.57 Å². The van der Waals surface area contributed by atoms with Gasteiger partial charge in [0.2, 0.25) is 0 Å². The van der Waals surface area contributed by atoms with Crippen LogP contribution in [0.4, 0.5) is 0 Å². The van der Waals surface area contributed by atoms with Gasteiger partial charge in [0.1, 0.15) is 5.69 Å². The first kappa shape index (κ1) is 36.7. The predicted molar refractivity (Wildman–Crippen MR) is 239 cm³/mol. The van der Waals surface area contributed by atoms with Crippen LogP contribution in [-0.2, 0) is 16.6 Å². The summed E-state index contributed by atoms with van der Waals surface area (Å²) in [6.07, 6.45) is 15.4. The zero-order valence-corrected chi connectivity index (χ0v) is 35.9. The van der Waals surface area contributed by atoms with Crippen LogP contribution in [0.1, 0.15) is 158 Å². The molecule has 0 atom stereocenters. The fourth-order valence-electron chi connectivity index (χ4n) is 12.8. The Hall–Kier alpha value is -4.38. The maximum atomic E-state index is 5.73. The molecule has 0 amide bonds. The van der Waals surface area contributed by atoms with Crippen LogP contribution in [0.2, 0.25) is 0 Å². The highest BCUT2D eigenvalue weighted by Crippen LogP contribution is 2.63. The monoisotopic (exact) mass is 765 g/mol. The summed E-state index contributed by atoms with van der Waals surface area (Å²) in [7, 11) is 0. The average Bonchev–Trinajstić information content (AvgIpc) is 3.66. The molecule has 1 aromatic heterocycles. The topological polar surface area (TPSA) is 23.2 Å². The van der Waals surface area contributed by atoms with E-state index in [4.69, 9.17) is 4.98 Å². The highest BCUT2D eigenvalue weighted by atomic mass is 15.7. The third-order valence-electron chi connectivity index (χ3n) is 15.3. The molecule has 0 unspecified atom stereocenters. The van der Waals surface area contributed by atoms with Crippen molar-refractivity contribution in [3.63, 3.8) is 0 Å². The van der Waals surface area contributed by atoms with Gasteiger partial charge in [0.05, 0.1) is 11.7 Å². The standard InChI is InChI=1S/C54H61N4/c1-34(2)45-41-26-18-17-21-36(41)32-43-47(45)53(6,7)48-49(43)55-33-56-50(48)46-42-29-28-38(52(3,4)5)31-37(42)27-30-44(46)54(56)57(39-22-13-9-14-23-39)51(35-19-11-8-12-20-35)58(54)40-24-15-10-16-25-40/h8,11-12,17-21,26-34,39-40,51H,9-10,13-16,22-25H2,1-7H3/q+1. The van der Waals surface area contributed by atoms with Crippen LogP contribution in [0.3, 0.4) is 0 Å². The van der Waals surface area contributed by atoms with Gasteiger partial charge in [0.25, 0.3) is 12.1 Å². The first-order chi connectivity index (χ1) is 28.0. The van der Waals surface area contributed by atoms with E-state index in [2.05, 4.69) is 160 Å². The number of nitrogens with zero attached hydrogens (tertiary/aromatic N) is 4. The molecule has 3 fully saturated rings. The van der Waals surface area contributed by atoms with E-state index in [0.717, 1.165) is 0 Å². The van der Waals surface area contributed by atoms with Crippen LogP contribution in [0.5, 0.6) is 0 Å². The third-order valence-corrected chi connectivity index (χ3v) is 15.3. The van der Waals surface area contributed by atoms with Gasteiger partial charge in [-0.05, 0) is 91.9 Å². The van der Waals surface area contributed by atoms with Gasteiger partial charge in [0, 0.05) is 34.2 Å². The molecule has 58 heavy (non-hydrogen) atoms. The lowest BCUT2D eigenvalue weighted by Crippen LogP contribution is -2.86. The molecule has 11 rings (SSSR count). The Morgan fingerprint density at radius 1 is 0.690 bits per heavy atom. The van der Waals surface area contributed by atoms with Crippen LogP contribution < -0.4 is 4.57 Å². The number of hydrogen-bond acceptors (Lipinski definition) is 3. The average molecular weight is 766 g/mol. The molecule has 5 aromatic carbocycles. The Morgan fingerprint density at radius 2 is 1.33 bits per heavy atom. The van der Waals surface area contributed by atoms with Crippen molar-refractivity contribution >= 4 is 21.5 Å². The zero-order valence-electron chi connectivity index (χ0n) is 35.9. The van der Waals surface area contributed by atoms with Crippen molar-refractivity contribution < 1.29 is 4.57 Å². The lowest BCUT2D eigenvalue weighted by molar-refractivity contribution is -0.824.